The number of aliphatic hydroxyl groups is 3. The van der Waals surface area contributed by atoms with Gasteiger partial charge in [0.15, 0.2) is 18.4 Å². The Labute approximate surface area is 319 Å². The second-order valence-corrected chi connectivity index (χ2v) is 16.0. The van der Waals surface area contributed by atoms with E-state index in [0.29, 0.717) is 50.6 Å². The lowest BCUT2D eigenvalue weighted by atomic mass is 9.84. The summed E-state index contributed by atoms with van der Waals surface area (Å²) in [6.45, 7) is 3.53. The maximum atomic E-state index is 15.1. The number of benzene rings is 1. The van der Waals surface area contributed by atoms with E-state index >= 15 is 4.79 Å². The Morgan fingerprint density at radius 1 is 1.07 bits per heavy atom. The van der Waals surface area contributed by atoms with Gasteiger partial charge in [-0.15, -0.1) is 11.6 Å². The summed E-state index contributed by atoms with van der Waals surface area (Å²) in [5, 5.41) is 36.3. The predicted molar refractivity (Wildman–Crippen MR) is 195 cm³/mol. The fourth-order valence-corrected chi connectivity index (χ4v) is 8.00. The number of fused-ring (bicyclic) bond motifs is 1. The minimum absolute atomic E-state index is 0.0427. The van der Waals surface area contributed by atoms with E-state index in [-0.39, 0.29) is 30.2 Å². The SMILES string of the molecule is CC(C)[C@@H](O[C@@H]1OC[C@H](O)[C@H](O)[C@@H]1O)[C@H](NC(=O)[C@@H](Cc1ccccc1)OS(=O)(=O)O)C(=O)N1[C@H](C(=O)NCCCCN=C(N)N)C[C@@H]2CC[C@H](Cl)C[C@@H]21. The van der Waals surface area contributed by atoms with Crippen LogP contribution in [0.4, 0.5) is 0 Å². The molecule has 3 fully saturated rings. The number of carbonyl (C=O) groups is 3. The maximum absolute atomic E-state index is 15.1. The van der Waals surface area contributed by atoms with Crippen LogP contribution in [0.3, 0.4) is 0 Å². The Morgan fingerprint density at radius 3 is 2.43 bits per heavy atom. The highest BCUT2D eigenvalue weighted by molar-refractivity contribution is 7.80. The highest BCUT2D eigenvalue weighted by Gasteiger charge is 2.52. The Balaban J connectivity index is 1.70. The van der Waals surface area contributed by atoms with Crippen LogP contribution in [0.1, 0.15) is 57.9 Å². The number of guanidine groups is 1. The summed E-state index contributed by atoms with van der Waals surface area (Å²) in [7, 11) is -5.18. The van der Waals surface area contributed by atoms with Gasteiger partial charge < -0.3 is 51.8 Å². The number of nitrogens with two attached hydrogens (primary N) is 2. The van der Waals surface area contributed by atoms with Crippen molar-refractivity contribution in [2.75, 3.05) is 19.7 Å². The molecular weight excluding hydrogens is 752 g/mol. The second-order valence-electron chi connectivity index (χ2n) is 14.3. The standard InChI is InChI=1S/C34H53ClN6O12S/c1-18(2)29(52-33-28(44)27(43)24(42)17-51-33)26(40-31(46)25(53-54(48,49)50)14-19-8-4-3-5-9-19)32(47)41-22-16-21(35)11-10-20(22)15-23(41)30(45)38-12-6-7-13-39-34(36)37/h3-5,8-9,18,20-29,33,42-44H,6-7,10-17H2,1-2H3,(H,38,45)(H,40,46)(H4,36,37,39)(H,48,49,50)/t20-,21-,22-,23-,24-,25+,26-,27-,28-,29+,33-/m0/s1. The van der Waals surface area contributed by atoms with Gasteiger partial charge >= 0.3 is 10.4 Å². The van der Waals surface area contributed by atoms with Crippen molar-refractivity contribution in [3.05, 3.63) is 35.9 Å². The summed E-state index contributed by atoms with van der Waals surface area (Å²) in [4.78, 5) is 48.3. The molecule has 304 valence electrons. The molecule has 0 radical (unpaired) electrons. The van der Waals surface area contributed by atoms with Gasteiger partial charge in [-0.3, -0.25) is 23.9 Å². The number of hydrogen-bond acceptors (Lipinski definition) is 12. The highest BCUT2D eigenvalue weighted by atomic mass is 35.5. The first-order chi connectivity index (χ1) is 25.5. The number of hydrogen-bond donors (Lipinski definition) is 8. The summed E-state index contributed by atoms with van der Waals surface area (Å²) < 4.78 is 49.9. The van der Waals surface area contributed by atoms with Gasteiger partial charge in [-0.1, -0.05) is 44.2 Å². The van der Waals surface area contributed by atoms with Gasteiger partial charge in [0.25, 0.3) is 5.91 Å². The number of nitrogens with one attached hydrogen (secondary N) is 2. The molecule has 10 N–H and O–H groups in total. The van der Waals surface area contributed by atoms with Crippen LogP contribution in [-0.2, 0) is 44.9 Å². The van der Waals surface area contributed by atoms with Gasteiger partial charge in [0, 0.05) is 30.9 Å². The molecule has 1 saturated carbocycles. The molecule has 1 aliphatic carbocycles. The van der Waals surface area contributed by atoms with Crippen LogP contribution in [0.25, 0.3) is 0 Å². The van der Waals surface area contributed by atoms with E-state index in [1.807, 2.05) is 0 Å². The third-order valence-corrected chi connectivity index (χ3v) is 10.8. The molecule has 18 nitrogen and oxygen atoms in total. The molecular formula is C34H53ClN6O12S. The third-order valence-electron chi connectivity index (χ3n) is 9.94. The average molecular weight is 805 g/mol. The number of carbonyl (C=O) groups excluding carboxylic acids is 3. The van der Waals surface area contributed by atoms with Crippen LogP contribution < -0.4 is 22.1 Å². The van der Waals surface area contributed by atoms with Crippen molar-refractivity contribution >= 4 is 45.7 Å². The van der Waals surface area contributed by atoms with E-state index < -0.39 is 95.6 Å². The lowest BCUT2D eigenvalue weighted by molar-refractivity contribution is -0.288. The highest BCUT2D eigenvalue weighted by Crippen LogP contribution is 2.42. The molecule has 0 aromatic heterocycles. The molecule has 2 saturated heterocycles. The van der Waals surface area contributed by atoms with Crippen LogP contribution in [0.2, 0.25) is 0 Å². The summed E-state index contributed by atoms with van der Waals surface area (Å²) in [5.74, 6) is -3.08. The van der Waals surface area contributed by atoms with Crippen molar-refractivity contribution in [2.45, 2.75) is 119 Å². The Kier molecular flexibility index (Phi) is 15.8. The molecule has 2 aliphatic heterocycles. The number of nitrogens with zero attached hydrogens (tertiary/aromatic N) is 2. The fourth-order valence-electron chi connectivity index (χ4n) is 7.24. The molecule has 1 aromatic carbocycles. The van der Waals surface area contributed by atoms with Crippen molar-refractivity contribution < 1.29 is 56.3 Å². The molecule has 3 amide bonds. The van der Waals surface area contributed by atoms with Gasteiger partial charge in [-0.2, -0.15) is 8.42 Å². The van der Waals surface area contributed by atoms with E-state index in [1.54, 1.807) is 44.2 Å². The number of halogens is 1. The van der Waals surface area contributed by atoms with Gasteiger partial charge in [0.2, 0.25) is 11.8 Å². The van der Waals surface area contributed by atoms with Crippen LogP contribution in [0, 0.1) is 11.8 Å². The molecule has 4 rings (SSSR count). The number of ether oxygens (including phenoxy) is 2. The minimum atomic E-state index is -5.18. The topological polar surface area (TPSA) is 286 Å². The fraction of sp³-hybridized carbons (Fsp3) is 0.706. The number of unbranched alkanes of at least 4 members (excludes halogenated alkanes) is 1. The Morgan fingerprint density at radius 2 is 1.78 bits per heavy atom. The van der Waals surface area contributed by atoms with E-state index in [1.165, 1.54) is 4.90 Å². The predicted octanol–water partition coefficient (Wildman–Crippen LogP) is -1.07. The lowest BCUT2D eigenvalue weighted by Gasteiger charge is -2.42. The number of aliphatic imine (C=N–C) groups is 1. The molecule has 1 aromatic rings. The minimum Gasteiger partial charge on any atom is -0.388 e. The van der Waals surface area contributed by atoms with Crippen LogP contribution in [-0.4, -0.2) is 137 Å². The lowest BCUT2D eigenvalue weighted by Crippen LogP contribution is -2.64. The quantitative estimate of drug-likeness (QED) is 0.0306. The number of amides is 3. The molecule has 11 atom stereocenters. The van der Waals surface area contributed by atoms with Crippen LogP contribution in [0.15, 0.2) is 35.3 Å². The van der Waals surface area contributed by atoms with Gasteiger partial charge in [0.05, 0.1) is 12.7 Å². The van der Waals surface area contributed by atoms with Crippen molar-refractivity contribution in [3.63, 3.8) is 0 Å². The molecule has 54 heavy (non-hydrogen) atoms. The molecule has 0 spiro atoms. The average Bonchev–Trinajstić information content (AvgIpc) is 3.48. The zero-order valence-electron chi connectivity index (χ0n) is 30.3. The first-order valence-corrected chi connectivity index (χ1v) is 19.9. The first-order valence-electron chi connectivity index (χ1n) is 18.1. The third kappa shape index (κ3) is 11.9. The number of likely N-dealkylation sites (tertiary alicyclic amines) is 1. The Bertz CT molecular complexity index is 1550. The summed E-state index contributed by atoms with van der Waals surface area (Å²) in [5.41, 5.74) is 11.2. The van der Waals surface area contributed by atoms with Crippen molar-refractivity contribution in [1.29, 1.82) is 0 Å². The van der Waals surface area contributed by atoms with Crippen LogP contribution in [0.5, 0.6) is 0 Å². The Hall–Kier alpha value is -3.14. The van der Waals surface area contributed by atoms with Gasteiger partial charge in [0.1, 0.15) is 30.4 Å². The number of rotatable bonds is 17. The summed E-state index contributed by atoms with van der Waals surface area (Å²) in [6, 6.07) is 5.07. The summed E-state index contributed by atoms with van der Waals surface area (Å²) in [6.07, 6.45) is -6.83. The van der Waals surface area contributed by atoms with E-state index in [0.717, 1.165) is 0 Å². The molecule has 0 unspecified atom stereocenters. The smallest absolute Gasteiger partial charge is 0.388 e. The second kappa shape index (κ2) is 19.6. The largest absolute Gasteiger partial charge is 0.398 e. The monoisotopic (exact) mass is 804 g/mol. The van der Waals surface area contributed by atoms with Crippen molar-refractivity contribution in [2.24, 2.45) is 28.3 Å². The number of alkyl halides is 1. The van der Waals surface area contributed by atoms with Crippen molar-refractivity contribution in [1.82, 2.24) is 15.5 Å². The van der Waals surface area contributed by atoms with Crippen molar-refractivity contribution in [3.8, 4) is 0 Å². The molecule has 20 heteroatoms. The first kappa shape index (κ1) is 43.6. The van der Waals surface area contributed by atoms with Crippen LogP contribution >= 0.6 is 11.6 Å². The summed E-state index contributed by atoms with van der Waals surface area (Å²) >= 11 is 6.62. The van der Waals surface area contributed by atoms with Gasteiger partial charge in [-0.05, 0) is 55.9 Å². The molecule has 2 heterocycles. The molecule has 3 aliphatic rings. The zero-order valence-corrected chi connectivity index (χ0v) is 31.8. The zero-order chi connectivity index (χ0) is 39.7. The van der Waals surface area contributed by atoms with E-state index in [2.05, 4.69) is 15.6 Å². The maximum Gasteiger partial charge on any atom is 0.398 e. The van der Waals surface area contributed by atoms with Gasteiger partial charge in [-0.25, -0.2) is 4.18 Å². The van der Waals surface area contributed by atoms with E-state index in [4.69, 9.17) is 36.7 Å². The normalized spacial score (nSPS) is 28.8. The van der Waals surface area contributed by atoms with E-state index in [9.17, 15) is 37.9 Å². The molecule has 0 bridgehead atoms. The number of aliphatic hydroxyl groups excluding tert-OH is 3.